The maximum absolute atomic E-state index is 7.50. The first-order chi connectivity index (χ1) is 11.9. The summed E-state index contributed by atoms with van der Waals surface area (Å²) in [6.45, 7) is 4.50. The Hall–Kier alpha value is 1.54. The third-order valence-electron chi connectivity index (χ3n) is 4.99. The molecule has 2 aliphatic carbocycles. The zero-order valence-corrected chi connectivity index (χ0v) is 21.5. The van der Waals surface area contributed by atoms with Crippen molar-refractivity contribution in [3.8, 4) is 0 Å². The molecule has 0 amide bonds. The standard InChI is InChI=1S/C18H27P.CO.2HI.Pt/c1-4-10-16(11-5-1)19(17-12-6-2-7-13-17)18-14-8-3-9-15-18;1-2;;;/h1,4-5,10-11,17-18H,2-3,6-9,12-15H2;;2*1H;/q;;;;+2/p-2. The quantitative estimate of drug-likeness (QED) is 0.135. The molecule has 2 fully saturated rings. The Morgan fingerprint density at radius 2 is 1.17 bits per heavy atom. The van der Waals surface area contributed by atoms with Gasteiger partial charge in [0.25, 0.3) is 0 Å². The summed E-state index contributed by atoms with van der Waals surface area (Å²) in [5.74, 6) is 0. The normalized spacial score (nSPS) is 19.0. The number of hydrogen-bond acceptors (Lipinski definition) is 0. The molecule has 0 unspecified atom stereocenters. The average molecular weight is 751 g/mol. The third kappa shape index (κ3) is 8.49. The molecule has 0 aromatic heterocycles. The van der Waals surface area contributed by atoms with Gasteiger partial charge in [-0.1, -0.05) is 76.8 Å². The Kier molecular flexibility index (Phi) is 15.3. The fourth-order valence-electron chi connectivity index (χ4n) is 4.04. The summed E-state index contributed by atoms with van der Waals surface area (Å²) < 4.78 is 7.50. The molecule has 1 aromatic rings. The van der Waals surface area contributed by atoms with E-state index in [4.69, 9.17) is 4.65 Å². The largest absolute Gasteiger partial charge is 0.0690 e. The van der Waals surface area contributed by atoms with Crippen LogP contribution in [0.15, 0.2) is 30.3 Å². The molecule has 0 aliphatic heterocycles. The summed E-state index contributed by atoms with van der Waals surface area (Å²) in [5, 5.41) is 1.70. The second kappa shape index (κ2) is 15.6. The van der Waals surface area contributed by atoms with E-state index in [0.717, 1.165) is 11.3 Å². The van der Waals surface area contributed by atoms with E-state index in [1.54, 1.807) is 5.30 Å². The molecule has 2 aliphatic rings. The summed E-state index contributed by atoms with van der Waals surface area (Å²) in [5.41, 5.74) is 2.07. The number of benzene rings is 1. The van der Waals surface area contributed by atoms with Crippen LogP contribution in [0.3, 0.4) is 0 Å². The van der Waals surface area contributed by atoms with Crippen LogP contribution >= 0.6 is 46.6 Å². The van der Waals surface area contributed by atoms with Crippen LogP contribution in [0.25, 0.3) is 0 Å². The molecule has 1 nitrogen and oxygen atoms in total. The van der Waals surface area contributed by atoms with Crippen molar-refractivity contribution in [3.63, 3.8) is 0 Å². The minimum atomic E-state index is 0.108. The first-order valence-electron chi connectivity index (χ1n) is 8.73. The van der Waals surface area contributed by atoms with Crippen molar-refractivity contribution < 1.29 is 15.9 Å². The molecule has 3 rings (SSSR count). The predicted molar refractivity (Wildman–Crippen MR) is 119 cm³/mol. The number of rotatable bonds is 3. The first kappa shape index (κ1) is 23.6. The second-order valence-corrected chi connectivity index (χ2v) is 25.8. The number of hydrogen-bond donors (Lipinski definition) is 0. The van der Waals surface area contributed by atoms with Crippen LogP contribution in [0.2, 0.25) is 0 Å². The predicted octanol–water partition coefficient (Wildman–Crippen LogP) is 7.19. The van der Waals surface area contributed by atoms with Crippen LogP contribution in [0.1, 0.15) is 64.2 Å². The van der Waals surface area contributed by atoms with E-state index in [1.807, 2.05) is 0 Å². The first-order valence-corrected chi connectivity index (χ1v) is 23.1. The van der Waals surface area contributed by atoms with E-state index in [9.17, 15) is 0 Å². The Bertz CT molecular complexity index is 413. The van der Waals surface area contributed by atoms with Gasteiger partial charge in [-0.3, -0.25) is 0 Å². The Morgan fingerprint density at radius 1 is 0.792 bits per heavy atom. The average Bonchev–Trinajstić information content (AvgIpc) is 2.67. The summed E-state index contributed by atoms with van der Waals surface area (Å²) >= 11 is 5.30. The molecule has 2 saturated carbocycles. The molecule has 0 N–H and O–H groups in total. The van der Waals surface area contributed by atoms with Crippen LogP contribution in [-0.4, -0.2) is 11.3 Å². The molecule has 0 radical (unpaired) electrons. The van der Waals surface area contributed by atoms with Gasteiger partial charge in [-0.2, -0.15) is 0 Å². The molecule has 0 spiro atoms. The fourth-order valence-corrected chi connectivity index (χ4v) is 7.84. The Morgan fingerprint density at radius 3 is 1.54 bits per heavy atom. The van der Waals surface area contributed by atoms with Gasteiger partial charge in [-0.25, -0.2) is 0 Å². The molecule has 138 valence electrons. The minimum Gasteiger partial charge on any atom is -0.0690 e. The van der Waals surface area contributed by atoms with E-state index in [2.05, 4.69) is 75.7 Å². The van der Waals surface area contributed by atoms with Crippen molar-refractivity contribution in [2.24, 2.45) is 0 Å². The van der Waals surface area contributed by atoms with E-state index >= 15 is 0 Å². The zero-order valence-electron chi connectivity index (χ0n) is 14.0. The van der Waals surface area contributed by atoms with Crippen molar-refractivity contribution in [2.45, 2.75) is 75.5 Å². The van der Waals surface area contributed by atoms with E-state index in [-0.39, 0.29) is 7.92 Å². The number of halogens is 2. The van der Waals surface area contributed by atoms with Crippen LogP contribution in [-0.2, 0) is 15.9 Å². The van der Waals surface area contributed by atoms with Crippen LogP contribution < -0.4 is 5.30 Å². The van der Waals surface area contributed by atoms with Crippen molar-refractivity contribution in [1.82, 2.24) is 0 Å². The van der Waals surface area contributed by atoms with Crippen LogP contribution in [0, 0.1) is 6.65 Å². The van der Waals surface area contributed by atoms with Gasteiger partial charge in [0.1, 0.15) is 0 Å². The smallest absolute Gasteiger partial charge is 0.0166 e. The van der Waals surface area contributed by atoms with Gasteiger partial charge in [0.05, 0.1) is 0 Å². The van der Waals surface area contributed by atoms with Crippen molar-refractivity contribution in [1.29, 1.82) is 0 Å². The SMILES string of the molecule is [C-]#[O+].[I][Pt][I].c1ccc(P(C2CCCCC2)C2CCCCC2)cc1. The summed E-state index contributed by atoms with van der Waals surface area (Å²) in [7, 11) is 0.108. The minimum absolute atomic E-state index is 0.108. The van der Waals surface area contributed by atoms with Crippen molar-refractivity contribution >= 4 is 51.9 Å². The van der Waals surface area contributed by atoms with Crippen molar-refractivity contribution in [2.75, 3.05) is 0 Å². The zero-order chi connectivity index (χ0) is 17.6. The molecular weight excluding hydrogens is 724 g/mol. The van der Waals surface area contributed by atoms with Gasteiger partial charge in [0.2, 0.25) is 0 Å². The summed E-state index contributed by atoms with van der Waals surface area (Å²) in [6, 6.07) is 11.6. The molecule has 0 heterocycles. The molecule has 0 atom stereocenters. The monoisotopic (exact) mass is 751 g/mol. The van der Waals surface area contributed by atoms with Gasteiger partial charge in [-0.15, -0.1) is 0 Å². The molecule has 0 bridgehead atoms. The molecule has 5 heteroatoms. The maximum atomic E-state index is 7.50. The third-order valence-corrected chi connectivity index (χ3v) is 8.49. The van der Waals surface area contributed by atoms with Gasteiger partial charge in [0.15, 0.2) is 0 Å². The molecule has 24 heavy (non-hydrogen) atoms. The molecule has 0 saturated heterocycles. The van der Waals surface area contributed by atoms with E-state index in [1.165, 1.54) is 64.2 Å². The maximum Gasteiger partial charge on any atom is -0.0166 e. The fraction of sp³-hybridized carbons (Fsp3) is 0.632. The van der Waals surface area contributed by atoms with Gasteiger partial charge in [0, 0.05) is 0 Å². The Labute approximate surface area is 178 Å². The second-order valence-electron chi connectivity index (χ2n) is 6.37. The summed E-state index contributed by atoms with van der Waals surface area (Å²) in [6.07, 6.45) is 15.0. The Balaban J connectivity index is 0.000000521. The van der Waals surface area contributed by atoms with Gasteiger partial charge >= 0.3 is 61.2 Å². The van der Waals surface area contributed by atoms with E-state index < -0.39 is 0 Å². The topological polar surface area (TPSA) is 19.9 Å². The van der Waals surface area contributed by atoms with Crippen LogP contribution in [0.5, 0.6) is 0 Å². The van der Waals surface area contributed by atoms with Crippen LogP contribution in [0.4, 0.5) is 0 Å². The molecule has 1 aromatic carbocycles. The van der Waals surface area contributed by atoms with E-state index in [0.29, 0.717) is 11.2 Å². The van der Waals surface area contributed by atoms with Gasteiger partial charge < -0.3 is 0 Å². The molecular formula is C19H27I2OPPt. The summed E-state index contributed by atoms with van der Waals surface area (Å²) in [4.78, 5) is 0. The van der Waals surface area contributed by atoms with Gasteiger partial charge in [-0.05, 0) is 42.3 Å². The van der Waals surface area contributed by atoms with Crippen molar-refractivity contribution in [3.05, 3.63) is 37.0 Å².